The Morgan fingerprint density at radius 3 is 2.09 bits per heavy atom. The van der Waals surface area contributed by atoms with Gasteiger partial charge in [0.2, 0.25) is 0 Å². The fourth-order valence-corrected chi connectivity index (χ4v) is 8.38. The van der Waals surface area contributed by atoms with Crippen LogP contribution in [-0.2, 0) is 26.6 Å². The van der Waals surface area contributed by atoms with E-state index in [0.29, 0.717) is 40.9 Å². The average molecular weight is 597 g/mol. The molecule has 1 aliphatic heterocycles. The van der Waals surface area contributed by atoms with Gasteiger partial charge in [-0.05, 0) is 66.0 Å². The van der Waals surface area contributed by atoms with E-state index in [1.54, 1.807) is 69.4 Å². The summed E-state index contributed by atoms with van der Waals surface area (Å²) in [6, 6.07) is 5.08. The zero-order chi connectivity index (χ0) is 30.5. The highest BCUT2D eigenvalue weighted by Crippen LogP contribution is 2.71. The summed E-state index contributed by atoms with van der Waals surface area (Å²) in [5.74, 6) is -0.239. The number of aryl methyl sites for hydroxylation is 5. The van der Waals surface area contributed by atoms with Crippen LogP contribution >= 0.6 is 11.3 Å². The molecule has 43 heavy (non-hydrogen) atoms. The summed E-state index contributed by atoms with van der Waals surface area (Å²) in [5, 5.41) is 7.78. The summed E-state index contributed by atoms with van der Waals surface area (Å²) in [7, 11) is 5.30. The SMILES string of the molecule is Cc1cc(C(=O)Nc2cc(C(=O)Nc3cc(C(=O)N4CC5[C@H](C)C56C4=CC(=O)c4scc(C)c46)n(C)c3)n(C)c2)n(C)c1. The summed E-state index contributed by atoms with van der Waals surface area (Å²) >= 11 is 1.49. The van der Waals surface area contributed by atoms with Crippen molar-refractivity contribution in [2.75, 3.05) is 17.2 Å². The van der Waals surface area contributed by atoms with Crippen LogP contribution in [0.1, 0.15) is 64.8 Å². The second kappa shape index (κ2) is 9.18. The molecule has 3 amide bonds. The highest BCUT2D eigenvalue weighted by molar-refractivity contribution is 7.12. The largest absolute Gasteiger partial charge is 0.346 e. The Bertz CT molecular complexity index is 1940. The normalized spacial score (nSPS) is 21.7. The summed E-state index contributed by atoms with van der Waals surface area (Å²) in [6.07, 6.45) is 6.91. The number of aromatic nitrogens is 3. The average Bonchev–Trinajstić information content (AvgIpc) is 3.57. The predicted molar refractivity (Wildman–Crippen MR) is 164 cm³/mol. The van der Waals surface area contributed by atoms with Gasteiger partial charge in [-0.2, -0.15) is 0 Å². The smallest absolute Gasteiger partial charge is 0.274 e. The molecule has 10 nitrogen and oxygen atoms in total. The number of amides is 3. The van der Waals surface area contributed by atoms with Gasteiger partial charge in [0.25, 0.3) is 17.7 Å². The first-order chi connectivity index (χ1) is 20.4. The van der Waals surface area contributed by atoms with Crippen LogP contribution in [0.2, 0.25) is 0 Å². The first kappa shape index (κ1) is 27.2. The lowest BCUT2D eigenvalue weighted by Crippen LogP contribution is -2.35. The van der Waals surface area contributed by atoms with Crippen LogP contribution in [0.3, 0.4) is 0 Å². The second-order valence-corrected chi connectivity index (χ2v) is 12.9. The van der Waals surface area contributed by atoms with Crippen LogP contribution in [0.25, 0.3) is 0 Å². The Hall–Kier alpha value is -4.64. The van der Waals surface area contributed by atoms with Crippen molar-refractivity contribution in [3.63, 3.8) is 0 Å². The number of ketones is 1. The third-order valence-corrected chi connectivity index (χ3v) is 10.5. The second-order valence-electron chi connectivity index (χ2n) is 12.1. The Balaban J connectivity index is 1.09. The van der Waals surface area contributed by atoms with Gasteiger partial charge in [0.1, 0.15) is 17.1 Å². The first-order valence-electron chi connectivity index (χ1n) is 14.2. The number of likely N-dealkylation sites (tertiary alicyclic amines) is 1. The molecule has 3 aliphatic rings. The fourth-order valence-electron chi connectivity index (χ4n) is 7.34. The summed E-state index contributed by atoms with van der Waals surface area (Å²) < 4.78 is 5.09. The quantitative estimate of drug-likeness (QED) is 0.350. The van der Waals surface area contributed by atoms with Crippen molar-refractivity contribution in [2.24, 2.45) is 33.0 Å². The van der Waals surface area contributed by atoms with E-state index < -0.39 is 0 Å². The van der Waals surface area contributed by atoms with Crippen LogP contribution in [0.4, 0.5) is 11.4 Å². The third-order valence-electron chi connectivity index (χ3n) is 9.37. The predicted octanol–water partition coefficient (Wildman–Crippen LogP) is 4.62. The van der Waals surface area contributed by atoms with Gasteiger partial charge < -0.3 is 29.2 Å². The highest BCUT2D eigenvalue weighted by atomic mass is 32.1. The van der Waals surface area contributed by atoms with Crippen molar-refractivity contribution in [1.29, 1.82) is 0 Å². The molecular formula is C32H32N6O4S. The molecule has 11 heteroatoms. The number of piperidine rings is 1. The van der Waals surface area contributed by atoms with E-state index in [4.69, 9.17) is 0 Å². The first-order valence-corrected chi connectivity index (χ1v) is 15.0. The molecule has 1 spiro atoms. The van der Waals surface area contributed by atoms with Gasteiger partial charge in [-0.1, -0.05) is 6.92 Å². The Kier molecular flexibility index (Phi) is 5.81. The van der Waals surface area contributed by atoms with E-state index in [0.717, 1.165) is 27.3 Å². The number of nitrogens with zero attached hydrogens (tertiary/aromatic N) is 4. The maximum Gasteiger partial charge on any atom is 0.274 e. The van der Waals surface area contributed by atoms with Crippen LogP contribution < -0.4 is 10.6 Å². The lowest BCUT2D eigenvalue weighted by Gasteiger charge is -2.30. The van der Waals surface area contributed by atoms with E-state index in [1.807, 2.05) is 32.5 Å². The molecule has 1 saturated heterocycles. The fraction of sp³-hybridized carbons (Fsp3) is 0.312. The van der Waals surface area contributed by atoms with Crippen molar-refractivity contribution >= 4 is 46.2 Å². The molecule has 0 radical (unpaired) electrons. The number of hydrogen-bond donors (Lipinski definition) is 2. The van der Waals surface area contributed by atoms with Gasteiger partial charge in [0, 0.05) is 63.5 Å². The minimum atomic E-state index is -0.376. The Morgan fingerprint density at radius 1 is 0.884 bits per heavy atom. The van der Waals surface area contributed by atoms with Crippen LogP contribution in [0, 0.1) is 25.7 Å². The van der Waals surface area contributed by atoms with E-state index in [1.165, 1.54) is 11.3 Å². The minimum absolute atomic E-state index is 0.0389. The van der Waals surface area contributed by atoms with Crippen molar-refractivity contribution in [1.82, 2.24) is 18.6 Å². The summed E-state index contributed by atoms with van der Waals surface area (Å²) in [5.41, 5.74) is 5.96. The molecule has 220 valence electrons. The number of allylic oxidation sites excluding steroid dienone is 2. The van der Waals surface area contributed by atoms with Gasteiger partial charge in [-0.15, -0.1) is 11.3 Å². The number of thiophene rings is 1. The van der Waals surface area contributed by atoms with Crippen molar-refractivity contribution in [2.45, 2.75) is 26.2 Å². The molecule has 0 aromatic carbocycles. The number of hydrogen-bond acceptors (Lipinski definition) is 5. The maximum absolute atomic E-state index is 13.9. The zero-order valence-corrected chi connectivity index (χ0v) is 25.6. The monoisotopic (exact) mass is 596 g/mol. The van der Waals surface area contributed by atoms with E-state index >= 15 is 0 Å². The van der Waals surface area contributed by atoms with Crippen LogP contribution in [0.15, 0.2) is 53.9 Å². The van der Waals surface area contributed by atoms with E-state index in [9.17, 15) is 19.2 Å². The van der Waals surface area contributed by atoms with Gasteiger partial charge >= 0.3 is 0 Å². The third kappa shape index (κ3) is 3.84. The number of carbonyl (C=O) groups is 4. The molecule has 3 atom stereocenters. The van der Waals surface area contributed by atoms with Crippen molar-refractivity contribution in [3.05, 3.63) is 92.6 Å². The minimum Gasteiger partial charge on any atom is -0.346 e. The zero-order valence-electron chi connectivity index (χ0n) is 24.8. The van der Waals surface area contributed by atoms with Gasteiger partial charge in [-0.25, -0.2) is 0 Å². The number of carbonyl (C=O) groups excluding carboxylic acids is 4. The number of nitrogens with one attached hydrogen (secondary N) is 2. The number of fused-ring (bicyclic) bond motifs is 1. The lowest BCUT2D eigenvalue weighted by molar-refractivity contribution is 0.0796. The standard InChI is InChI=1S/C32H32N6O4S/c1-16-7-22(35(4)11-16)29(40)33-19-8-23(36(5)12-19)30(41)34-20-9-24(37(6)13-20)31(42)38-14-21-18(3)32(21)26(38)10-25(39)28-27(32)17(2)15-43-28/h7-13,15,18,21H,14H2,1-6H3,(H,33,40)(H,34,41)/t18-,21?,32?/m0/s1. The van der Waals surface area contributed by atoms with Crippen LogP contribution in [0.5, 0.6) is 0 Å². The highest BCUT2D eigenvalue weighted by Gasteiger charge is 2.73. The molecule has 2 unspecified atom stereocenters. The van der Waals surface area contributed by atoms with Crippen molar-refractivity contribution in [3.8, 4) is 0 Å². The Labute approximate surface area is 252 Å². The molecule has 1 saturated carbocycles. The molecule has 7 rings (SSSR count). The molecule has 0 bridgehead atoms. The van der Waals surface area contributed by atoms with E-state index in [-0.39, 0.29) is 34.8 Å². The van der Waals surface area contributed by atoms with Gasteiger partial charge in [-0.3, -0.25) is 19.2 Å². The maximum atomic E-state index is 13.9. The molecule has 2 aliphatic carbocycles. The molecule has 4 aromatic rings. The van der Waals surface area contributed by atoms with Crippen LogP contribution in [-0.4, -0.2) is 48.7 Å². The molecule has 4 aromatic heterocycles. The lowest BCUT2D eigenvalue weighted by atomic mass is 9.82. The van der Waals surface area contributed by atoms with E-state index in [2.05, 4.69) is 17.6 Å². The van der Waals surface area contributed by atoms with Gasteiger partial charge in [0.15, 0.2) is 5.78 Å². The number of rotatable bonds is 5. The van der Waals surface area contributed by atoms with Crippen molar-refractivity contribution < 1.29 is 19.2 Å². The Morgan fingerprint density at radius 2 is 1.47 bits per heavy atom. The van der Waals surface area contributed by atoms with Gasteiger partial charge in [0.05, 0.1) is 16.3 Å². The molecule has 5 heterocycles. The summed E-state index contributed by atoms with van der Waals surface area (Å²) in [4.78, 5) is 55.5. The molecule has 2 N–H and O–H groups in total. The topological polar surface area (TPSA) is 110 Å². The summed E-state index contributed by atoms with van der Waals surface area (Å²) in [6.45, 7) is 6.73. The molecule has 2 fully saturated rings. The molecular weight excluding hydrogens is 564 g/mol. The number of anilines is 2.